The summed E-state index contributed by atoms with van der Waals surface area (Å²) < 4.78 is 0.507. The summed E-state index contributed by atoms with van der Waals surface area (Å²) in [5, 5.41) is 0. The molecule has 2 heterocycles. The van der Waals surface area contributed by atoms with Crippen molar-refractivity contribution >= 4 is 11.6 Å². The van der Waals surface area contributed by atoms with E-state index in [1.54, 1.807) is 18.6 Å². The van der Waals surface area contributed by atoms with Crippen LogP contribution in [-0.2, 0) is 0 Å². The summed E-state index contributed by atoms with van der Waals surface area (Å²) >= 11 is 0. The van der Waals surface area contributed by atoms with Gasteiger partial charge in [-0.3, -0.25) is 4.79 Å². The molecule has 1 aromatic heterocycles. The Labute approximate surface area is 119 Å². The number of H-pyrrole nitrogens is 1. The Hall–Kier alpha value is -1.79. The number of aliphatic imine (C=N–C) groups is 1. The second kappa shape index (κ2) is 6.11. The highest BCUT2D eigenvalue weighted by Gasteiger charge is 2.39. The van der Waals surface area contributed by atoms with E-state index in [4.69, 9.17) is 0 Å². The highest BCUT2D eigenvalue weighted by Crippen LogP contribution is 2.20. The molecule has 1 unspecified atom stereocenters. The molecule has 0 fully saturated rings. The number of hydrogen-bond acceptors (Lipinski definition) is 4. The number of carbonyl (C=O) groups excluding carboxylic acids is 1. The number of Topliss-reactive ketones (excluding diaryl/α,β-unsaturated/α-hetero) is 1. The van der Waals surface area contributed by atoms with Crippen LogP contribution in [0.1, 0.15) is 24.0 Å². The van der Waals surface area contributed by atoms with Crippen LogP contribution >= 0.6 is 0 Å². The fourth-order valence-corrected chi connectivity index (χ4v) is 2.44. The van der Waals surface area contributed by atoms with Gasteiger partial charge < -0.3 is 9.88 Å². The number of nitrogens with zero attached hydrogens (tertiary/aromatic N) is 4. The maximum Gasteiger partial charge on any atom is 0.302 e. The van der Waals surface area contributed by atoms with E-state index in [1.165, 1.54) is 0 Å². The first-order chi connectivity index (χ1) is 9.59. The van der Waals surface area contributed by atoms with Crippen molar-refractivity contribution in [3.05, 3.63) is 30.6 Å². The lowest BCUT2D eigenvalue weighted by Crippen LogP contribution is -2.51. The molecular weight excluding hydrogens is 254 g/mol. The molecule has 0 saturated heterocycles. The monoisotopic (exact) mass is 276 g/mol. The van der Waals surface area contributed by atoms with E-state index in [0.717, 1.165) is 26.1 Å². The van der Waals surface area contributed by atoms with Crippen LogP contribution in [0.5, 0.6) is 0 Å². The van der Waals surface area contributed by atoms with E-state index in [-0.39, 0.29) is 5.78 Å². The lowest BCUT2D eigenvalue weighted by molar-refractivity contribution is -0.782. The third-order valence-corrected chi connectivity index (χ3v) is 3.61. The maximum absolute atomic E-state index is 12.5. The fourth-order valence-electron chi connectivity index (χ4n) is 2.44. The molecule has 6 nitrogen and oxygen atoms in total. The van der Waals surface area contributed by atoms with E-state index in [1.807, 2.05) is 6.20 Å². The second-order valence-electron chi connectivity index (χ2n) is 5.25. The second-order valence-corrected chi connectivity index (χ2v) is 5.25. The zero-order valence-corrected chi connectivity index (χ0v) is 12.3. The topological polar surface area (TPSA) is 61.4 Å². The van der Waals surface area contributed by atoms with Gasteiger partial charge in [0.1, 0.15) is 6.20 Å². The van der Waals surface area contributed by atoms with Crippen LogP contribution in [0.4, 0.5) is 0 Å². The highest BCUT2D eigenvalue weighted by molar-refractivity contribution is 6.42. The summed E-state index contributed by atoms with van der Waals surface area (Å²) in [4.78, 5) is 25.8. The minimum absolute atomic E-state index is 0.119. The quantitative estimate of drug-likeness (QED) is 0.602. The molecular formula is C14H22N5O+. The van der Waals surface area contributed by atoms with Crippen molar-refractivity contribution in [2.24, 2.45) is 4.99 Å². The Morgan fingerprint density at radius 2 is 2.25 bits per heavy atom. The van der Waals surface area contributed by atoms with Gasteiger partial charge in [-0.2, -0.15) is 4.99 Å². The summed E-state index contributed by atoms with van der Waals surface area (Å²) in [6.07, 6.45) is 7.99. The molecule has 108 valence electrons. The molecule has 0 aromatic carbocycles. The summed E-state index contributed by atoms with van der Waals surface area (Å²) in [5.41, 5.74) is 0. The molecule has 1 N–H and O–H groups in total. The van der Waals surface area contributed by atoms with Gasteiger partial charge in [0.05, 0.1) is 19.3 Å². The average molecular weight is 276 g/mol. The molecule has 6 heteroatoms. The SMILES string of the molecule is CC[N+]1(CCCN(C)C)C=CN=C1C(=O)c1ncc[nH]1. The molecule has 1 aliphatic rings. The fraction of sp³-hybridized carbons (Fsp3) is 0.500. The van der Waals surface area contributed by atoms with Gasteiger partial charge in [-0.1, -0.05) is 0 Å². The largest absolute Gasteiger partial charge is 0.342 e. The van der Waals surface area contributed by atoms with Gasteiger partial charge in [0.25, 0.3) is 5.84 Å². The minimum Gasteiger partial charge on any atom is -0.342 e. The molecule has 0 radical (unpaired) electrons. The predicted molar refractivity (Wildman–Crippen MR) is 78.3 cm³/mol. The van der Waals surface area contributed by atoms with Crippen molar-refractivity contribution < 1.29 is 9.28 Å². The zero-order valence-electron chi connectivity index (χ0n) is 12.3. The minimum atomic E-state index is -0.119. The number of imidazole rings is 1. The van der Waals surface area contributed by atoms with Crippen molar-refractivity contribution in [1.29, 1.82) is 0 Å². The van der Waals surface area contributed by atoms with Gasteiger partial charge in [-0.25, -0.2) is 9.47 Å². The lowest BCUT2D eigenvalue weighted by atomic mass is 10.2. The number of aromatic nitrogens is 2. The Kier molecular flexibility index (Phi) is 4.46. The summed E-state index contributed by atoms with van der Waals surface area (Å²) in [5.74, 6) is 0.795. The molecule has 2 rings (SSSR count). The van der Waals surface area contributed by atoms with Gasteiger partial charge in [-0.05, 0) is 21.0 Å². The lowest BCUT2D eigenvalue weighted by Gasteiger charge is -2.30. The number of nitrogens with one attached hydrogen (secondary N) is 1. The maximum atomic E-state index is 12.5. The highest BCUT2D eigenvalue weighted by atomic mass is 16.1. The summed E-state index contributed by atoms with van der Waals surface area (Å²) in [6, 6.07) is 0. The predicted octanol–water partition coefficient (Wildman–Crippen LogP) is 1.26. The number of hydrogen-bond donors (Lipinski definition) is 1. The number of aromatic amines is 1. The molecule has 0 amide bonds. The number of likely N-dealkylation sites (N-methyl/N-ethyl adjacent to an activating group) is 1. The first-order valence-corrected chi connectivity index (χ1v) is 6.91. The molecule has 0 aliphatic carbocycles. The van der Waals surface area contributed by atoms with E-state index >= 15 is 0 Å². The van der Waals surface area contributed by atoms with Crippen molar-refractivity contribution in [3.63, 3.8) is 0 Å². The van der Waals surface area contributed by atoms with E-state index in [0.29, 0.717) is 16.1 Å². The zero-order chi connectivity index (χ0) is 14.6. The van der Waals surface area contributed by atoms with Crippen LogP contribution in [0.2, 0.25) is 0 Å². The third kappa shape index (κ3) is 2.86. The van der Waals surface area contributed by atoms with E-state index in [9.17, 15) is 4.79 Å². The van der Waals surface area contributed by atoms with Crippen LogP contribution in [0.15, 0.2) is 29.8 Å². The van der Waals surface area contributed by atoms with Crippen molar-refractivity contribution in [2.45, 2.75) is 13.3 Å². The molecule has 0 saturated carbocycles. The van der Waals surface area contributed by atoms with Crippen LogP contribution in [0.3, 0.4) is 0 Å². The molecule has 0 spiro atoms. The molecule has 1 aliphatic heterocycles. The first-order valence-electron chi connectivity index (χ1n) is 6.91. The third-order valence-electron chi connectivity index (χ3n) is 3.61. The smallest absolute Gasteiger partial charge is 0.302 e. The van der Waals surface area contributed by atoms with Crippen LogP contribution in [0, 0.1) is 0 Å². The number of carbonyl (C=O) groups is 1. The Bertz CT molecular complexity index is 518. The van der Waals surface area contributed by atoms with Gasteiger partial charge in [0.15, 0.2) is 5.82 Å². The molecule has 0 bridgehead atoms. The standard InChI is InChI=1S/C14H21N5O/c1-4-19(10-5-9-18(2)3)11-8-17-14(19)12(20)13-15-6-7-16-13/h6-8,11H,4-5,9-10H2,1-3H3/p+1. The van der Waals surface area contributed by atoms with Gasteiger partial charge in [0, 0.05) is 25.4 Å². The summed E-state index contributed by atoms with van der Waals surface area (Å²) in [6.45, 7) is 4.76. The number of rotatable bonds is 7. The van der Waals surface area contributed by atoms with Crippen LogP contribution in [-0.4, -0.2) is 64.7 Å². The van der Waals surface area contributed by atoms with Crippen molar-refractivity contribution in [3.8, 4) is 0 Å². The number of amidine groups is 1. The van der Waals surface area contributed by atoms with Crippen molar-refractivity contribution in [2.75, 3.05) is 33.7 Å². The number of quaternary nitrogens is 1. The molecule has 1 atom stereocenters. The van der Waals surface area contributed by atoms with Gasteiger partial charge in [-0.15, -0.1) is 0 Å². The van der Waals surface area contributed by atoms with Crippen LogP contribution in [0.25, 0.3) is 0 Å². The van der Waals surface area contributed by atoms with Gasteiger partial charge >= 0.3 is 5.78 Å². The van der Waals surface area contributed by atoms with E-state index < -0.39 is 0 Å². The van der Waals surface area contributed by atoms with Crippen LogP contribution < -0.4 is 0 Å². The Morgan fingerprint density at radius 1 is 1.45 bits per heavy atom. The average Bonchev–Trinajstić information content (AvgIpc) is 3.07. The Balaban J connectivity index is 2.14. The normalized spacial score (nSPS) is 21.5. The van der Waals surface area contributed by atoms with Gasteiger partial charge in [0.2, 0.25) is 0 Å². The first kappa shape index (κ1) is 14.6. The molecule has 1 aromatic rings. The Morgan fingerprint density at radius 3 is 2.85 bits per heavy atom. The summed E-state index contributed by atoms with van der Waals surface area (Å²) in [7, 11) is 4.11. The number of ketones is 1. The van der Waals surface area contributed by atoms with E-state index in [2.05, 4.69) is 40.9 Å². The van der Waals surface area contributed by atoms with Crippen molar-refractivity contribution in [1.82, 2.24) is 14.9 Å². The molecule has 20 heavy (non-hydrogen) atoms.